The highest BCUT2D eigenvalue weighted by atomic mass is 16.6. The molecule has 1 aromatic rings. The number of amides is 2. The Hall–Kier alpha value is -2.57. The number of nitrogens with one attached hydrogen (secondary N) is 2. The average molecular weight is 475 g/mol. The van der Waals surface area contributed by atoms with E-state index in [0.29, 0.717) is 17.8 Å². The van der Waals surface area contributed by atoms with Crippen molar-refractivity contribution in [3.8, 4) is 0 Å². The normalized spacial score (nSPS) is 22.4. The third-order valence-corrected chi connectivity index (χ3v) is 6.36. The molecule has 7 heteroatoms. The van der Waals surface area contributed by atoms with Gasteiger partial charge in [0.25, 0.3) is 0 Å². The van der Waals surface area contributed by atoms with Crippen molar-refractivity contribution in [2.24, 2.45) is 23.7 Å². The van der Waals surface area contributed by atoms with Crippen molar-refractivity contribution in [3.05, 3.63) is 35.9 Å². The van der Waals surface area contributed by atoms with Crippen molar-refractivity contribution >= 4 is 18.0 Å². The number of rotatable bonds is 8. The minimum Gasteiger partial charge on any atom is -0.463 e. The van der Waals surface area contributed by atoms with E-state index in [4.69, 9.17) is 9.47 Å². The Labute approximate surface area is 204 Å². The first-order valence-electron chi connectivity index (χ1n) is 12.4. The van der Waals surface area contributed by atoms with Gasteiger partial charge in [-0.05, 0) is 63.9 Å². The maximum Gasteiger partial charge on any atom is 0.408 e. The van der Waals surface area contributed by atoms with Gasteiger partial charge in [0.2, 0.25) is 5.91 Å². The summed E-state index contributed by atoms with van der Waals surface area (Å²) in [6.45, 7) is 13.4. The summed E-state index contributed by atoms with van der Waals surface area (Å²) in [5.74, 6) is 0.518. The first-order chi connectivity index (χ1) is 15.9. The van der Waals surface area contributed by atoms with E-state index in [0.717, 1.165) is 24.8 Å². The maximum atomic E-state index is 13.1. The van der Waals surface area contributed by atoms with Gasteiger partial charge in [-0.1, -0.05) is 57.5 Å². The molecule has 0 aliphatic heterocycles. The van der Waals surface area contributed by atoms with E-state index < -0.39 is 23.8 Å². The van der Waals surface area contributed by atoms with Gasteiger partial charge in [0.1, 0.15) is 18.2 Å². The van der Waals surface area contributed by atoms with Gasteiger partial charge < -0.3 is 20.1 Å². The van der Waals surface area contributed by atoms with Gasteiger partial charge in [0.15, 0.2) is 0 Å². The minimum absolute atomic E-state index is 0.0312. The molecule has 7 nitrogen and oxygen atoms in total. The Balaban J connectivity index is 2.05. The van der Waals surface area contributed by atoms with Gasteiger partial charge in [-0.15, -0.1) is 0 Å². The van der Waals surface area contributed by atoms with E-state index >= 15 is 0 Å². The molecule has 2 rings (SSSR count). The molecule has 5 atom stereocenters. The van der Waals surface area contributed by atoms with Gasteiger partial charge in [-0.3, -0.25) is 9.59 Å². The lowest BCUT2D eigenvalue weighted by molar-refractivity contribution is -0.154. The molecule has 0 aromatic heterocycles. The summed E-state index contributed by atoms with van der Waals surface area (Å²) >= 11 is 0. The monoisotopic (exact) mass is 474 g/mol. The quantitative estimate of drug-likeness (QED) is 0.517. The zero-order valence-electron chi connectivity index (χ0n) is 21.7. The van der Waals surface area contributed by atoms with Crippen LogP contribution in [0.15, 0.2) is 30.3 Å². The molecule has 2 amide bonds. The third-order valence-electron chi connectivity index (χ3n) is 6.36. The van der Waals surface area contributed by atoms with Crippen LogP contribution in [-0.2, 0) is 19.1 Å². The smallest absolute Gasteiger partial charge is 0.408 e. The van der Waals surface area contributed by atoms with E-state index in [1.54, 1.807) is 27.7 Å². The van der Waals surface area contributed by atoms with E-state index in [2.05, 4.69) is 31.4 Å². The summed E-state index contributed by atoms with van der Waals surface area (Å²) in [7, 11) is 0. The Bertz CT molecular complexity index is 818. The Kier molecular flexibility index (Phi) is 9.95. The summed E-state index contributed by atoms with van der Waals surface area (Å²) in [6.07, 6.45) is 2.34. The van der Waals surface area contributed by atoms with Crippen LogP contribution < -0.4 is 10.6 Å². The predicted molar refractivity (Wildman–Crippen MR) is 132 cm³/mol. The van der Waals surface area contributed by atoms with Gasteiger partial charge in [-0.2, -0.15) is 0 Å². The summed E-state index contributed by atoms with van der Waals surface area (Å²) in [5, 5.41) is 5.47. The number of hydrogen-bond donors (Lipinski definition) is 2. The third kappa shape index (κ3) is 8.65. The molecule has 0 radical (unpaired) electrons. The van der Waals surface area contributed by atoms with Crippen molar-refractivity contribution in [3.63, 3.8) is 0 Å². The molecule has 1 aliphatic rings. The van der Waals surface area contributed by atoms with E-state index in [1.807, 2.05) is 30.3 Å². The standard InChI is InChI=1S/C27H42N2O5/c1-17(2)21-14-13-18(3)15-22(21)25(31)33-16-23(20-11-9-8-10-12-20)29-24(30)19(4)28-26(32)34-27(5,6)7/h8-12,17-19,21-23H,13-16H2,1-7H3,(H,28,32)(H,29,30)/t18-,19-,21+,22-,23-/m1/s1. The number of esters is 1. The molecule has 1 aromatic carbocycles. The lowest BCUT2D eigenvalue weighted by Gasteiger charge is -2.36. The van der Waals surface area contributed by atoms with Crippen molar-refractivity contribution in [1.29, 1.82) is 0 Å². The molecule has 0 saturated heterocycles. The molecule has 0 heterocycles. The molecule has 0 unspecified atom stereocenters. The van der Waals surface area contributed by atoms with Gasteiger partial charge in [0, 0.05) is 0 Å². The fourth-order valence-corrected chi connectivity index (χ4v) is 4.50. The first-order valence-corrected chi connectivity index (χ1v) is 12.4. The molecule has 1 saturated carbocycles. The van der Waals surface area contributed by atoms with Gasteiger partial charge in [0.05, 0.1) is 12.0 Å². The van der Waals surface area contributed by atoms with Crippen molar-refractivity contribution in [2.45, 2.75) is 85.4 Å². The number of carbonyl (C=O) groups excluding carboxylic acids is 3. The molecule has 1 aliphatic carbocycles. The van der Waals surface area contributed by atoms with Crippen LogP contribution in [0.1, 0.15) is 79.3 Å². The zero-order valence-corrected chi connectivity index (χ0v) is 21.7. The Morgan fingerprint density at radius 3 is 2.26 bits per heavy atom. The van der Waals surface area contributed by atoms with E-state index in [9.17, 15) is 14.4 Å². The second-order valence-electron chi connectivity index (χ2n) is 10.9. The zero-order chi connectivity index (χ0) is 25.5. The summed E-state index contributed by atoms with van der Waals surface area (Å²) in [4.78, 5) is 38.0. The SMILES string of the molecule is CC(C)[C@@H]1CC[C@@H](C)C[C@H]1C(=O)OC[C@@H](NC(=O)[C@@H](C)NC(=O)OC(C)(C)C)c1ccccc1. The van der Waals surface area contributed by atoms with Crippen molar-refractivity contribution in [1.82, 2.24) is 10.6 Å². The number of benzene rings is 1. The molecular weight excluding hydrogens is 432 g/mol. The fourth-order valence-electron chi connectivity index (χ4n) is 4.50. The lowest BCUT2D eigenvalue weighted by atomic mass is 9.70. The Morgan fingerprint density at radius 2 is 1.68 bits per heavy atom. The fraction of sp³-hybridized carbons (Fsp3) is 0.667. The van der Waals surface area contributed by atoms with Crippen LogP contribution in [0.3, 0.4) is 0 Å². The Morgan fingerprint density at radius 1 is 1.03 bits per heavy atom. The van der Waals surface area contributed by atoms with E-state index in [1.165, 1.54) is 0 Å². The second-order valence-corrected chi connectivity index (χ2v) is 10.9. The van der Waals surface area contributed by atoms with Crippen LogP contribution in [0.5, 0.6) is 0 Å². The summed E-state index contributed by atoms with van der Waals surface area (Å²) in [6, 6.07) is 8.04. The van der Waals surface area contributed by atoms with Crippen LogP contribution >= 0.6 is 0 Å². The molecule has 2 N–H and O–H groups in total. The average Bonchev–Trinajstić information content (AvgIpc) is 2.75. The number of hydrogen-bond acceptors (Lipinski definition) is 5. The van der Waals surface area contributed by atoms with E-state index in [-0.39, 0.29) is 24.4 Å². The van der Waals surface area contributed by atoms with Crippen LogP contribution in [0.25, 0.3) is 0 Å². The highest BCUT2D eigenvalue weighted by Gasteiger charge is 2.37. The predicted octanol–water partition coefficient (Wildman–Crippen LogP) is 5.01. The molecule has 0 bridgehead atoms. The number of ether oxygens (including phenoxy) is 2. The maximum absolute atomic E-state index is 13.1. The molecular formula is C27H42N2O5. The largest absolute Gasteiger partial charge is 0.463 e. The van der Waals surface area contributed by atoms with Gasteiger partial charge in [-0.25, -0.2) is 4.79 Å². The summed E-state index contributed by atoms with van der Waals surface area (Å²) < 4.78 is 11.0. The van der Waals surface area contributed by atoms with Crippen LogP contribution in [0, 0.1) is 23.7 Å². The topological polar surface area (TPSA) is 93.7 Å². The van der Waals surface area contributed by atoms with Gasteiger partial charge >= 0.3 is 12.1 Å². The molecule has 34 heavy (non-hydrogen) atoms. The summed E-state index contributed by atoms with van der Waals surface area (Å²) in [5.41, 5.74) is 0.163. The van der Waals surface area contributed by atoms with Crippen LogP contribution in [0.2, 0.25) is 0 Å². The highest BCUT2D eigenvalue weighted by molar-refractivity contribution is 5.85. The molecule has 0 spiro atoms. The first kappa shape index (κ1) is 27.7. The molecule has 1 fully saturated rings. The van der Waals surface area contributed by atoms with Crippen molar-refractivity contribution < 1.29 is 23.9 Å². The number of carbonyl (C=O) groups is 3. The van der Waals surface area contributed by atoms with Crippen molar-refractivity contribution in [2.75, 3.05) is 6.61 Å². The minimum atomic E-state index is -0.818. The molecule has 190 valence electrons. The second kappa shape index (κ2) is 12.2. The highest BCUT2D eigenvalue weighted by Crippen LogP contribution is 2.38. The number of alkyl carbamates (subject to hydrolysis) is 1. The lowest BCUT2D eigenvalue weighted by Crippen LogP contribution is -2.48. The van der Waals surface area contributed by atoms with Crippen LogP contribution in [-0.4, -0.2) is 36.2 Å². The van der Waals surface area contributed by atoms with Crippen LogP contribution in [0.4, 0.5) is 4.79 Å².